The summed E-state index contributed by atoms with van der Waals surface area (Å²) in [5.74, 6) is 0.710. The van der Waals surface area contributed by atoms with Crippen molar-refractivity contribution in [2.24, 2.45) is 0 Å². The van der Waals surface area contributed by atoms with E-state index >= 15 is 0 Å². The summed E-state index contributed by atoms with van der Waals surface area (Å²) in [6, 6.07) is 67.3. The minimum Gasteiger partial charge on any atom is -0.299 e. The molecule has 0 aliphatic carbocycles. The lowest BCUT2D eigenvalue weighted by Crippen LogP contribution is -1.96. The van der Waals surface area contributed by atoms with E-state index < -0.39 is 0 Å². The SMILES string of the molecule is c1cc(-c2cccc(-c3c4ccccc4n4c3sc3ccccc34)c2)cc(-c2cc(-c3ccc4ccccc4c3)nc(-c3ccc4ccccc4c3)n2)c1. The Morgan fingerprint density at radius 1 is 0.370 bits per heavy atom. The lowest BCUT2D eigenvalue weighted by Gasteiger charge is -2.12. The summed E-state index contributed by atoms with van der Waals surface area (Å²) in [6.07, 6.45) is 0. The Morgan fingerprint density at radius 2 is 0.907 bits per heavy atom. The first kappa shape index (κ1) is 30.7. The van der Waals surface area contributed by atoms with E-state index in [-0.39, 0.29) is 0 Å². The minimum atomic E-state index is 0.710. The number of fused-ring (bicyclic) bond motifs is 7. The van der Waals surface area contributed by atoms with Crippen molar-refractivity contribution in [3.63, 3.8) is 0 Å². The first-order valence-electron chi connectivity index (χ1n) is 18.2. The number of aromatic nitrogens is 3. The molecule has 0 saturated heterocycles. The van der Waals surface area contributed by atoms with Crippen LogP contribution in [0.25, 0.3) is 104 Å². The van der Waals surface area contributed by atoms with Crippen LogP contribution < -0.4 is 0 Å². The summed E-state index contributed by atoms with van der Waals surface area (Å²) in [5.41, 5.74) is 12.2. The molecule has 0 unspecified atom stereocenters. The van der Waals surface area contributed by atoms with Crippen LogP contribution in [0.5, 0.6) is 0 Å². The van der Waals surface area contributed by atoms with E-state index in [1.54, 1.807) is 0 Å². The molecular formula is C50H31N3S. The summed E-state index contributed by atoms with van der Waals surface area (Å²) in [5, 5.41) is 6.03. The van der Waals surface area contributed by atoms with Crippen molar-refractivity contribution in [1.82, 2.24) is 14.4 Å². The Hall–Kier alpha value is -6.88. The molecule has 0 spiro atoms. The summed E-state index contributed by atoms with van der Waals surface area (Å²) < 4.78 is 3.71. The van der Waals surface area contributed by atoms with Crippen molar-refractivity contribution < 1.29 is 0 Å². The molecule has 3 heterocycles. The molecular weight excluding hydrogens is 675 g/mol. The molecule has 11 aromatic rings. The van der Waals surface area contributed by atoms with Gasteiger partial charge in [-0.3, -0.25) is 4.40 Å². The molecule has 3 nitrogen and oxygen atoms in total. The second-order valence-electron chi connectivity index (χ2n) is 13.8. The Kier molecular flexibility index (Phi) is 7.04. The van der Waals surface area contributed by atoms with Crippen LogP contribution in [-0.2, 0) is 0 Å². The maximum atomic E-state index is 5.24. The monoisotopic (exact) mass is 705 g/mol. The Labute approximate surface area is 316 Å². The zero-order chi connectivity index (χ0) is 35.6. The van der Waals surface area contributed by atoms with Gasteiger partial charge in [0.1, 0.15) is 4.83 Å². The normalized spacial score (nSPS) is 11.7. The van der Waals surface area contributed by atoms with E-state index in [2.05, 4.69) is 192 Å². The fraction of sp³-hybridized carbons (Fsp3) is 0. The van der Waals surface area contributed by atoms with Crippen LogP contribution in [0.1, 0.15) is 0 Å². The van der Waals surface area contributed by atoms with E-state index in [4.69, 9.17) is 9.97 Å². The first-order chi connectivity index (χ1) is 26.7. The smallest absolute Gasteiger partial charge is 0.160 e. The molecule has 0 aliphatic rings. The quantitative estimate of drug-likeness (QED) is 0.178. The molecule has 0 saturated carbocycles. The summed E-state index contributed by atoms with van der Waals surface area (Å²) >= 11 is 1.86. The van der Waals surface area contributed by atoms with Gasteiger partial charge < -0.3 is 0 Å². The molecule has 0 N–H and O–H groups in total. The summed E-state index contributed by atoms with van der Waals surface area (Å²) in [7, 11) is 0. The lowest BCUT2D eigenvalue weighted by atomic mass is 9.96. The molecule has 4 heteroatoms. The highest BCUT2D eigenvalue weighted by atomic mass is 32.1. The highest BCUT2D eigenvalue weighted by molar-refractivity contribution is 7.24. The predicted octanol–water partition coefficient (Wildman–Crippen LogP) is 13.7. The van der Waals surface area contributed by atoms with Crippen LogP contribution in [0.2, 0.25) is 0 Å². The zero-order valence-electron chi connectivity index (χ0n) is 29.1. The van der Waals surface area contributed by atoms with Crippen LogP contribution in [0.3, 0.4) is 0 Å². The van der Waals surface area contributed by atoms with Crippen LogP contribution in [0.4, 0.5) is 0 Å². The molecule has 8 aromatic carbocycles. The molecule has 0 atom stereocenters. The van der Waals surface area contributed by atoms with Crippen LogP contribution in [0.15, 0.2) is 188 Å². The molecule has 0 fully saturated rings. The number of rotatable bonds is 5. The number of thiazole rings is 1. The maximum Gasteiger partial charge on any atom is 0.160 e. The molecule has 0 bridgehead atoms. The fourth-order valence-electron chi connectivity index (χ4n) is 7.93. The van der Waals surface area contributed by atoms with E-state index in [1.165, 1.54) is 58.6 Å². The van der Waals surface area contributed by atoms with Crippen LogP contribution >= 0.6 is 11.3 Å². The summed E-state index contributed by atoms with van der Waals surface area (Å²) in [6.45, 7) is 0. The van der Waals surface area contributed by atoms with E-state index in [0.29, 0.717) is 5.82 Å². The van der Waals surface area contributed by atoms with Crippen molar-refractivity contribution in [2.75, 3.05) is 0 Å². The van der Waals surface area contributed by atoms with Gasteiger partial charge in [-0.2, -0.15) is 0 Å². The minimum absolute atomic E-state index is 0.710. The second-order valence-corrected chi connectivity index (χ2v) is 14.9. The maximum absolute atomic E-state index is 5.24. The Bertz CT molecular complexity index is 3140. The number of hydrogen-bond donors (Lipinski definition) is 0. The highest BCUT2D eigenvalue weighted by Crippen LogP contribution is 2.43. The molecule has 0 amide bonds. The number of para-hydroxylation sites is 2. The average Bonchev–Trinajstić information content (AvgIpc) is 3.78. The number of nitrogens with zero attached hydrogens (tertiary/aromatic N) is 3. The summed E-state index contributed by atoms with van der Waals surface area (Å²) in [4.78, 5) is 11.7. The van der Waals surface area contributed by atoms with Gasteiger partial charge in [-0.1, -0.05) is 140 Å². The van der Waals surface area contributed by atoms with Crippen molar-refractivity contribution in [1.29, 1.82) is 0 Å². The van der Waals surface area contributed by atoms with Gasteiger partial charge in [0.2, 0.25) is 0 Å². The Balaban J connectivity index is 1.05. The van der Waals surface area contributed by atoms with Crippen molar-refractivity contribution >= 4 is 58.8 Å². The number of benzene rings is 8. The largest absolute Gasteiger partial charge is 0.299 e. The van der Waals surface area contributed by atoms with Crippen LogP contribution in [0, 0.1) is 0 Å². The van der Waals surface area contributed by atoms with Gasteiger partial charge in [-0.15, -0.1) is 11.3 Å². The van der Waals surface area contributed by atoms with Gasteiger partial charge in [0.25, 0.3) is 0 Å². The third kappa shape index (κ3) is 5.11. The third-order valence-electron chi connectivity index (χ3n) is 10.6. The fourth-order valence-corrected chi connectivity index (χ4v) is 9.16. The predicted molar refractivity (Wildman–Crippen MR) is 228 cm³/mol. The van der Waals surface area contributed by atoms with Gasteiger partial charge in [0, 0.05) is 27.6 Å². The first-order valence-corrected chi connectivity index (χ1v) is 19.0. The van der Waals surface area contributed by atoms with Gasteiger partial charge in [0.15, 0.2) is 5.82 Å². The van der Waals surface area contributed by atoms with Gasteiger partial charge in [-0.05, 0) is 86.8 Å². The Morgan fingerprint density at radius 3 is 1.65 bits per heavy atom. The molecule has 11 rings (SSSR count). The molecule has 3 aromatic heterocycles. The molecule has 0 aliphatic heterocycles. The van der Waals surface area contributed by atoms with Crippen molar-refractivity contribution in [2.45, 2.75) is 0 Å². The molecule has 0 radical (unpaired) electrons. The average molecular weight is 706 g/mol. The molecule has 252 valence electrons. The lowest BCUT2D eigenvalue weighted by molar-refractivity contribution is 1.18. The van der Waals surface area contributed by atoms with Gasteiger partial charge in [0.05, 0.1) is 27.1 Å². The highest BCUT2D eigenvalue weighted by Gasteiger charge is 2.19. The molecule has 54 heavy (non-hydrogen) atoms. The van der Waals surface area contributed by atoms with E-state index in [0.717, 1.165) is 39.2 Å². The topological polar surface area (TPSA) is 30.2 Å². The zero-order valence-corrected chi connectivity index (χ0v) is 30.0. The third-order valence-corrected chi connectivity index (χ3v) is 11.7. The van der Waals surface area contributed by atoms with E-state index in [1.807, 2.05) is 11.3 Å². The van der Waals surface area contributed by atoms with Crippen LogP contribution in [-0.4, -0.2) is 14.4 Å². The second kappa shape index (κ2) is 12.4. The van der Waals surface area contributed by atoms with E-state index in [9.17, 15) is 0 Å². The van der Waals surface area contributed by atoms with Crippen molar-refractivity contribution in [3.05, 3.63) is 188 Å². The standard InChI is InChI=1S/C50H31N3S/c1-3-13-34-27-39(25-23-32(34)11-1)44-31-43(51-49(52-44)41-26-24-33-12-2-4-14-35(33)30-41)38-17-9-15-36(28-38)37-16-10-18-40(29-37)48-42-19-5-6-20-45(42)53-46-21-7-8-22-47(46)54-50(48)53/h1-31H. The van der Waals surface area contributed by atoms with Gasteiger partial charge in [-0.25, -0.2) is 9.97 Å². The number of hydrogen-bond acceptors (Lipinski definition) is 3. The van der Waals surface area contributed by atoms with Gasteiger partial charge >= 0.3 is 0 Å². The van der Waals surface area contributed by atoms with Crippen molar-refractivity contribution in [3.8, 4) is 56.2 Å².